The standard InChI is InChI=1S/C36H41N3O4S/c1-27-20-22-31(23-21-27)44(42,43)39(32-19-13-12-14-28(32)2)26-34(40)38(25-30-17-10-7-11-18-30)33(35(41)37-36(3,4)5)24-29-15-8-6-9-16-29/h6-23,33H,24-26H2,1-5H3,(H,37,41)/t33-/m1/s1. The van der Waals surface area contributed by atoms with Crippen LogP contribution in [0.3, 0.4) is 0 Å². The Morgan fingerprint density at radius 3 is 1.86 bits per heavy atom. The van der Waals surface area contributed by atoms with Crippen LogP contribution in [0, 0.1) is 13.8 Å². The predicted molar refractivity (Wildman–Crippen MR) is 176 cm³/mol. The quantitative estimate of drug-likeness (QED) is 0.224. The summed E-state index contributed by atoms with van der Waals surface area (Å²) < 4.78 is 29.5. The minimum absolute atomic E-state index is 0.0834. The molecule has 0 spiro atoms. The number of carbonyl (C=O) groups excluding carboxylic acids is 2. The average molecular weight is 612 g/mol. The Bertz CT molecular complexity index is 1670. The largest absolute Gasteiger partial charge is 0.350 e. The van der Waals surface area contributed by atoms with Gasteiger partial charge in [-0.1, -0.05) is 96.6 Å². The van der Waals surface area contributed by atoms with Gasteiger partial charge in [-0.15, -0.1) is 0 Å². The van der Waals surface area contributed by atoms with Crippen LogP contribution >= 0.6 is 0 Å². The molecule has 7 nitrogen and oxygen atoms in total. The van der Waals surface area contributed by atoms with E-state index in [2.05, 4.69) is 5.32 Å². The zero-order valence-corrected chi connectivity index (χ0v) is 26.8. The van der Waals surface area contributed by atoms with E-state index in [-0.39, 0.29) is 23.8 Å². The monoisotopic (exact) mass is 611 g/mol. The zero-order chi connectivity index (χ0) is 31.9. The number of sulfonamides is 1. The zero-order valence-electron chi connectivity index (χ0n) is 26.0. The predicted octanol–water partition coefficient (Wildman–Crippen LogP) is 6.05. The minimum Gasteiger partial charge on any atom is -0.350 e. The first-order chi connectivity index (χ1) is 20.8. The maximum absolute atomic E-state index is 14.5. The lowest BCUT2D eigenvalue weighted by Gasteiger charge is -2.35. The second-order valence-electron chi connectivity index (χ2n) is 12.1. The molecule has 0 aliphatic rings. The number of rotatable bonds is 11. The van der Waals surface area contributed by atoms with Crippen molar-refractivity contribution in [3.8, 4) is 0 Å². The fraction of sp³-hybridized carbons (Fsp3) is 0.278. The van der Waals surface area contributed by atoms with Crippen LogP contribution in [0.5, 0.6) is 0 Å². The summed E-state index contributed by atoms with van der Waals surface area (Å²) in [4.78, 5) is 30.0. The summed E-state index contributed by atoms with van der Waals surface area (Å²) in [5.41, 5.74) is 3.19. The maximum atomic E-state index is 14.5. The van der Waals surface area contributed by atoms with E-state index in [1.54, 1.807) is 36.4 Å². The first-order valence-electron chi connectivity index (χ1n) is 14.7. The van der Waals surface area contributed by atoms with E-state index in [0.717, 1.165) is 21.0 Å². The van der Waals surface area contributed by atoms with E-state index >= 15 is 0 Å². The van der Waals surface area contributed by atoms with Crippen LogP contribution in [0.2, 0.25) is 0 Å². The molecular formula is C36H41N3O4S. The van der Waals surface area contributed by atoms with Crippen LogP contribution in [0.4, 0.5) is 5.69 Å². The number of hydrogen-bond donors (Lipinski definition) is 1. The van der Waals surface area contributed by atoms with Gasteiger partial charge in [0.05, 0.1) is 10.6 Å². The molecule has 0 aliphatic heterocycles. The van der Waals surface area contributed by atoms with Crippen molar-refractivity contribution < 1.29 is 18.0 Å². The third-order valence-corrected chi connectivity index (χ3v) is 9.01. The lowest BCUT2D eigenvalue weighted by Crippen LogP contribution is -2.56. The van der Waals surface area contributed by atoms with Crippen LogP contribution in [0.1, 0.15) is 43.0 Å². The molecule has 0 unspecified atom stereocenters. The number of carbonyl (C=O) groups is 2. The van der Waals surface area contributed by atoms with Crippen LogP contribution < -0.4 is 9.62 Å². The average Bonchev–Trinajstić information content (AvgIpc) is 2.98. The van der Waals surface area contributed by atoms with E-state index in [4.69, 9.17) is 0 Å². The van der Waals surface area contributed by atoms with Gasteiger partial charge in [-0.25, -0.2) is 8.42 Å². The molecule has 0 saturated carbocycles. The maximum Gasteiger partial charge on any atom is 0.264 e. The van der Waals surface area contributed by atoms with Crippen LogP contribution in [0.15, 0.2) is 114 Å². The van der Waals surface area contributed by atoms with Gasteiger partial charge >= 0.3 is 0 Å². The molecule has 0 fully saturated rings. The highest BCUT2D eigenvalue weighted by molar-refractivity contribution is 7.92. The molecule has 1 atom stereocenters. The number of nitrogens with one attached hydrogen (secondary N) is 1. The van der Waals surface area contributed by atoms with Crippen molar-refractivity contribution in [1.29, 1.82) is 0 Å². The van der Waals surface area contributed by atoms with E-state index in [9.17, 15) is 18.0 Å². The van der Waals surface area contributed by atoms with E-state index < -0.39 is 34.1 Å². The molecule has 4 aromatic rings. The topological polar surface area (TPSA) is 86.8 Å². The van der Waals surface area contributed by atoms with Gasteiger partial charge in [0.2, 0.25) is 11.8 Å². The molecule has 0 saturated heterocycles. The molecule has 1 N–H and O–H groups in total. The van der Waals surface area contributed by atoms with Crippen LogP contribution in [-0.2, 0) is 32.6 Å². The number of nitrogens with zero attached hydrogens (tertiary/aromatic N) is 2. The second kappa shape index (κ2) is 13.9. The molecule has 0 heterocycles. The molecule has 8 heteroatoms. The van der Waals surface area contributed by atoms with Crippen molar-refractivity contribution in [3.05, 3.63) is 131 Å². The normalized spacial score (nSPS) is 12.3. The molecule has 0 radical (unpaired) electrons. The molecule has 4 rings (SSSR count). The summed E-state index contributed by atoms with van der Waals surface area (Å²) in [5.74, 6) is -0.799. The van der Waals surface area contributed by atoms with Gasteiger partial charge < -0.3 is 10.2 Å². The highest BCUT2D eigenvalue weighted by Gasteiger charge is 2.35. The first kappa shape index (κ1) is 32.5. The summed E-state index contributed by atoms with van der Waals surface area (Å²) in [6.07, 6.45) is 0.260. The molecule has 0 aliphatic carbocycles. The van der Waals surface area contributed by atoms with Crippen molar-refractivity contribution in [1.82, 2.24) is 10.2 Å². The number of benzene rings is 4. The van der Waals surface area contributed by atoms with E-state index in [0.29, 0.717) is 11.3 Å². The van der Waals surface area contributed by atoms with Crippen molar-refractivity contribution in [2.45, 2.75) is 64.1 Å². The Kier molecular flexibility index (Phi) is 10.3. The SMILES string of the molecule is Cc1ccc(S(=O)(=O)N(CC(=O)N(Cc2ccccc2)[C@H](Cc2ccccc2)C(=O)NC(C)(C)C)c2ccccc2C)cc1. The Labute approximate surface area is 261 Å². The van der Waals surface area contributed by atoms with Gasteiger partial charge in [-0.3, -0.25) is 13.9 Å². The Hall–Kier alpha value is -4.43. The van der Waals surface area contributed by atoms with Crippen molar-refractivity contribution >= 4 is 27.5 Å². The van der Waals surface area contributed by atoms with Gasteiger partial charge in [0.15, 0.2) is 0 Å². The van der Waals surface area contributed by atoms with Crippen molar-refractivity contribution in [3.63, 3.8) is 0 Å². The first-order valence-corrected chi connectivity index (χ1v) is 16.1. The Balaban J connectivity index is 1.81. The fourth-order valence-corrected chi connectivity index (χ4v) is 6.46. The van der Waals surface area contributed by atoms with Gasteiger partial charge in [0.25, 0.3) is 10.0 Å². The summed E-state index contributed by atoms with van der Waals surface area (Å²) in [6.45, 7) is 9.01. The smallest absolute Gasteiger partial charge is 0.264 e. The van der Waals surface area contributed by atoms with Crippen molar-refractivity contribution in [2.24, 2.45) is 0 Å². The highest BCUT2D eigenvalue weighted by atomic mass is 32.2. The van der Waals surface area contributed by atoms with E-state index in [1.165, 1.54) is 4.90 Å². The number of amides is 2. The van der Waals surface area contributed by atoms with Gasteiger partial charge in [-0.2, -0.15) is 0 Å². The molecule has 2 amide bonds. The summed E-state index contributed by atoms with van der Waals surface area (Å²) in [7, 11) is -4.14. The molecule has 0 aromatic heterocycles. The Morgan fingerprint density at radius 1 is 0.750 bits per heavy atom. The minimum atomic E-state index is -4.14. The molecule has 4 aromatic carbocycles. The molecule has 44 heavy (non-hydrogen) atoms. The van der Waals surface area contributed by atoms with Gasteiger partial charge in [0, 0.05) is 18.5 Å². The molecule has 0 bridgehead atoms. The molecule has 230 valence electrons. The fourth-order valence-electron chi connectivity index (χ4n) is 4.98. The lowest BCUT2D eigenvalue weighted by molar-refractivity contribution is -0.140. The number of para-hydroxylation sites is 1. The van der Waals surface area contributed by atoms with Crippen molar-refractivity contribution in [2.75, 3.05) is 10.8 Å². The third kappa shape index (κ3) is 8.35. The third-order valence-electron chi connectivity index (χ3n) is 7.24. The molecular weight excluding hydrogens is 570 g/mol. The lowest BCUT2D eigenvalue weighted by atomic mass is 10.0. The van der Waals surface area contributed by atoms with E-state index in [1.807, 2.05) is 107 Å². The summed E-state index contributed by atoms with van der Waals surface area (Å²) in [5, 5.41) is 3.05. The van der Waals surface area contributed by atoms with Gasteiger partial charge in [-0.05, 0) is 69.5 Å². The summed E-state index contributed by atoms with van der Waals surface area (Å²) in [6, 6.07) is 31.7. The highest BCUT2D eigenvalue weighted by Crippen LogP contribution is 2.28. The van der Waals surface area contributed by atoms with Gasteiger partial charge in [0.1, 0.15) is 12.6 Å². The number of aryl methyl sites for hydroxylation is 2. The summed E-state index contributed by atoms with van der Waals surface area (Å²) >= 11 is 0. The Morgan fingerprint density at radius 2 is 1.30 bits per heavy atom. The number of hydrogen-bond acceptors (Lipinski definition) is 4. The second-order valence-corrected chi connectivity index (χ2v) is 13.9. The van der Waals surface area contributed by atoms with Crippen LogP contribution in [0.25, 0.3) is 0 Å². The number of anilines is 1. The van der Waals surface area contributed by atoms with Crippen LogP contribution in [-0.4, -0.2) is 43.3 Å².